The highest BCUT2D eigenvalue weighted by Crippen LogP contribution is 2.30. The molecule has 136 valence electrons. The van der Waals surface area contributed by atoms with E-state index in [4.69, 9.17) is 0 Å². The van der Waals surface area contributed by atoms with E-state index in [2.05, 4.69) is 10.1 Å². The molecule has 0 aliphatic rings. The van der Waals surface area contributed by atoms with Crippen LogP contribution in [0.3, 0.4) is 0 Å². The predicted molar refractivity (Wildman–Crippen MR) is 99.9 cm³/mol. The zero-order chi connectivity index (χ0) is 18.8. The van der Waals surface area contributed by atoms with Gasteiger partial charge in [-0.3, -0.25) is 14.4 Å². The van der Waals surface area contributed by atoms with Crippen LogP contribution in [0.1, 0.15) is 10.4 Å². The summed E-state index contributed by atoms with van der Waals surface area (Å²) in [5, 5.41) is 4.60. The summed E-state index contributed by atoms with van der Waals surface area (Å²) < 4.78 is 29.1. The lowest BCUT2D eigenvalue weighted by molar-refractivity contribution is 0.0985. The number of hydrogen-bond acceptors (Lipinski definition) is 4. The summed E-state index contributed by atoms with van der Waals surface area (Å²) in [5.41, 5.74) is 0.967. The molecule has 4 rings (SSSR count). The Kier molecular flexibility index (Phi) is 4.64. The molecular weight excluding hydrogens is 370 g/mol. The number of benzene rings is 2. The van der Waals surface area contributed by atoms with E-state index in [-0.39, 0.29) is 11.7 Å². The first kappa shape index (κ1) is 17.3. The Labute approximate surface area is 157 Å². The van der Waals surface area contributed by atoms with Crippen LogP contribution in [0.5, 0.6) is 0 Å². The van der Waals surface area contributed by atoms with Gasteiger partial charge in [-0.05, 0) is 48.5 Å². The number of carbonyl (C=O) groups excluding carboxylic acids is 1. The molecule has 0 saturated carbocycles. The van der Waals surface area contributed by atoms with Crippen LogP contribution in [0.25, 0.3) is 10.2 Å². The summed E-state index contributed by atoms with van der Waals surface area (Å²) in [7, 11) is 0. The summed E-state index contributed by atoms with van der Waals surface area (Å²) in [6, 6.07) is 11.5. The van der Waals surface area contributed by atoms with Crippen molar-refractivity contribution in [3.63, 3.8) is 0 Å². The van der Waals surface area contributed by atoms with Crippen LogP contribution in [0.2, 0.25) is 0 Å². The summed E-state index contributed by atoms with van der Waals surface area (Å²) in [6.45, 7) is 0.782. The van der Waals surface area contributed by atoms with Crippen molar-refractivity contribution in [2.75, 3.05) is 11.4 Å². The number of halogens is 2. The minimum absolute atomic E-state index is 0.304. The molecular formula is C19H14F2N4OS. The van der Waals surface area contributed by atoms with Gasteiger partial charge in [0, 0.05) is 24.5 Å². The number of hydrogen-bond donors (Lipinski definition) is 0. The van der Waals surface area contributed by atoms with Crippen molar-refractivity contribution in [3.8, 4) is 0 Å². The van der Waals surface area contributed by atoms with Gasteiger partial charge in [-0.15, -0.1) is 0 Å². The molecule has 2 aromatic heterocycles. The first-order valence-electron chi connectivity index (χ1n) is 8.21. The molecule has 0 saturated heterocycles. The fourth-order valence-electron chi connectivity index (χ4n) is 2.67. The van der Waals surface area contributed by atoms with Gasteiger partial charge in [-0.1, -0.05) is 11.3 Å². The van der Waals surface area contributed by atoms with Crippen LogP contribution in [-0.2, 0) is 6.54 Å². The molecule has 5 nitrogen and oxygen atoms in total. The molecule has 0 N–H and O–H groups in total. The lowest BCUT2D eigenvalue weighted by Gasteiger charge is -2.20. The quantitative estimate of drug-likeness (QED) is 0.520. The maximum Gasteiger partial charge on any atom is 0.260 e. The molecule has 27 heavy (non-hydrogen) atoms. The lowest BCUT2D eigenvalue weighted by Crippen LogP contribution is -2.34. The Bertz CT molecular complexity index is 1080. The van der Waals surface area contributed by atoms with Crippen molar-refractivity contribution in [1.29, 1.82) is 0 Å². The number of carbonyl (C=O) groups is 1. The van der Waals surface area contributed by atoms with E-state index >= 15 is 0 Å². The molecule has 4 aromatic rings. The van der Waals surface area contributed by atoms with Gasteiger partial charge in [0.1, 0.15) is 11.6 Å². The largest absolute Gasteiger partial charge is 0.282 e. The van der Waals surface area contributed by atoms with Crippen LogP contribution in [0.15, 0.2) is 60.9 Å². The third-order valence-corrected chi connectivity index (χ3v) is 5.06. The van der Waals surface area contributed by atoms with Gasteiger partial charge in [0.25, 0.3) is 5.91 Å². The smallest absolute Gasteiger partial charge is 0.260 e. The topological polar surface area (TPSA) is 51.0 Å². The number of thiazole rings is 1. The monoisotopic (exact) mass is 384 g/mol. The van der Waals surface area contributed by atoms with Gasteiger partial charge < -0.3 is 0 Å². The lowest BCUT2D eigenvalue weighted by atomic mass is 10.2. The van der Waals surface area contributed by atoms with Crippen LogP contribution in [0, 0.1) is 11.6 Å². The SMILES string of the molecule is O=C(c1ccc(F)cc1)N(CCn1cccn1)c1nc2ccc(F)cc2s1. The summed E-state index contributed by atoms with van der Waals surface area (Å²) in [4.78, 5) is 19.0. The van der Waals surface area contributed by atoms with Crippen molar-refractivity contribution >= 4 is 32.6 Å². The standard InChI is InChI=1S/C19H14F2N4OS/c20-14-4-2-13(3-5-14)18(26)25(11-10-24-9-1-8-22-24)19-23-16-7-6-15(21)12-17(16)27-19/h1-9,12H,10-11H2. The first-order valence-corrected chi connectivity index (χ1v) is 9.03. The van der Waals surface area contributed by atoms with E-state index in [0.717, 1.165) is 0 Å². The number of anilines is 1. The summed E-state index contributed by atoms with van der Waals surface area (Å²) in [6.07, 6.45) is 3.46. The third kappa shape index (κ3) is 3.70. The molecule has 0 fully saturated rings. The molecule has 8 heteroatoms. The van der Waals surface area contributed by atoms with Gasteiger partial charge in [-0.2, -0.15) is 5.10 Å². The zero-order valence-electron chi connectivity index (χ0n) is 14.0. The average Bonchev–Trinajstić information content (AvgIpc) is 3.31. The molecule has 0 spiro atoms. The first-order chi connectivity index (χ1) is 13.1. The highest BCUT2D eigenvalue weighted by Gasteiger charge is 2.21. The normalized spacial score (nSPS) is 11.0. The highest BCUT2D eigenvalue weighted by atomic mass is 32.1. The fourth-order valence-corrected chi connectivity index (χ4v) is 3.68. The van der Waals surface area contributed by atoms with E-state index in [1.165, 1.54) is 52.6 Å². The van der Waals surface area contributed by atoms with Gasteiger partial charge in [-0.25, -0.2) is 13.8 Å². The number of rotatable bonds is 5. The maximum atomic E-state index is 13.5. The second kappa shape index (κ2) is 7.24. The Morgan fingerprint density at radius 2 is 1.89 bits per heavy atom. The molecule has 2 heterocycles. The van der Waals surface area contributed by atoms with Crippen molar-refractivity contribution in [2.45, 2.75) is 6.54 Å². The Morgan fingerprint density at radius 3 is 2.63 bits per heavy atom. The van der Waals surface area contributed by atoms with Crippen LogP contribution < -0.4 is 4.90 Å². The van der Waals surface area contributed by atoms with E-state index in [9.17, 15) is 13.6 Å². The van der Waals surface area contributed by atoms with E-state index in [1.54, 1.807) is 29.2 Å². The predicted octanol–water partition coefficient (Wildman–Crippen LogP) is 4.12. The zero-order valence-corrected chi connectivity index (χ0v) is 14.9. The van der Waals surface area contributed by atoms with Crippen molar-refractivity contribution in [3.05, 3.63) is 78.1 Å². The van der Waals surface area contributed by atoms with Crippen molar-refractivity contribution < 1.29 is 13.6 Å². The molecule has 0 unspecified atom stereocenters. The van der Waals surface area contributed by atoms with Crippen LogP contribution in [0.4, 0.5) is 13.9 Å². The molecule has 0 radical (unpaired) electrons. The average molecular weight is 384 g/mol. The molecule has 0 aliphatic carbocycles. The van der Waals surface area contributed by atoms with Crippen LogP contribution >= 0.6 is 11.3 Å². The van der Waals surface area contributed by atoms with Crippen molar-refractivity contribution in [2.24, 2.45) is 0 Å². The molecule has 1 amide bonds. The van der Waals surface area contributed by atoms with Gasteiger partial charge >= 0.3 is 0 Å². The molecule has 0 atom stereocenters. The van der Waals surface area contributed by atoms with Gasteiger partial charge in [0.15, 0.2) is 5.13 Å². The van der Waals surface area contributed by atoms with E-state index in [1.807, 2.05) is 0 Å². The number of fused-ring (bicyclic) bond motifs is 1. The number of aromatic nitrogens is 3. The second-order valence-corrected chi connectivity index (χ2v) is 6.85. The molecule has 2 aromatic carbocycles. The fraction of sp³-hybridized carbons (Fsp3) is 0.105. The summed E-state index contributed by atoms with van der Waals surface area (Å²) >= 11 is 1.23. The Hall–Kier alpha value is -3.13. The summed E-state index contributed by atoms with van der Waals surface area (Å²) in [5.74, 6) is -1.07. The Morgan fingerprint density at radius 1 is 1.11 bits per heavy atom. The number of amides is 1. The third-order valence-electron chi connectivity index (χ3n) is 4.02. The van der Waals surface area contributed by atoms with E-state index < -0.39 is 5.82 Å². The van der Waals surface area contributed by atoms with Gasteiger partial charge in [0.2, 0.25) is 0 Å². The maximum absolute atomic E-state index is 13.5. The van der Waals surface area contributed by atoms with E-state index in [0.29, 0.717) is 34.0 Å². The molecule has 0 aliphatic heterocycles. The molecule has 0 bridgehead atoms. The second-order valence-electron chi connectivity index (χ2n) is 5.84. The van der Waals surface area contributed by atoms with Crippen LogP contribution in [-0.4, -0.2) is 27.2 Å². The van der Waals surface area contributed by atoms with Gasteiger partial charge in [0.05, 0.1) is 16.8 Å². The minimum Gasteiger partial charge on any atom is -0.282 e. The van der Waals surface area contributed by atoms with Crippen molar-refractivity contribution in [1.82, 2.24) is 14.8 Å². The Balaban J connectivity index is 1.69. The highest BCUT2D eigenvalue weighted by molar-refractivity contribution is 7.22. The number of nitrogens with zero attached hydrogens (tertiary/aromatic N) is 4. The minimum atomic E-state index is -0.412.